The largest absolute Gasteiger partial charge is 0.392 e. The first kappa shape index (κ1) is 11.8. The van der Waals surface area contributed by atoms with Gasteiger partial charge >= 0.3 is 0 Å². The van der Waals surface area contributed by atoms with Gasteiger partial charge in [0.05, 0.1) is 6.61 Å². The monoisotopic (exact) mass is 196 g/mol. The Balaban J connectivity index is 2.36. The van der Waals surface area contributed by atoms with Crippen LogP contribution in [0.1, 0.15) is 52.4 Å². The van der Waals surface area contributed by atoms with Crippen LogP contribution in [-0.4, -0.2) is 11.7 Å². The molecule has 1 saturated carbocycles. The second-order valence-electron chi connectivity index (χ2n) is 5.28. The van der Waals surface area contributed by atoms with Gasteiger partial charge in [0.25, 0.3) is 0 Å². The van der Waals surface area contributed by atoms with E-state index in [1.54, 1.807) is 0 Å². The molecule has 0 spiro atoms. The molecule has 0 aromatic rings. The summed E-state index contributed by atoms with van der Waals surface area (Å²) in [4.78, 5) is 0. The van der Waals surface area contributed by atoms with Gasteiger partial charge in [0.1, 0.15) is 0 Å². The van der Waals surface area contributed by atoms with Gasteiger partial charge < -0.3 is 5.11 Å². The molecule has 0 aliphatic heterocycles. The molecule has 0 unspecified atom stereocenters. The van der Waals surface area contributed by atoms with E-state index in [9.17, 15) is 0 Å². The molecule has 1 nitrogen and oxygen atoms in total. The van der Waals surface area contributed by atoms with Crippen molar-refractivity contribution >= 4 is 0 Å². The third-order valence-electron chi connectivity index (χ3n) is 3.21. The lowest BCUT2D eigenvalue weighted by atomic mass is 9.76. The van der Waals surface area contributed by atoms with Gasteiger partial charge in [0.2, 0.25) is 0 Å². The summed E-state index contributed by atoms with van der Waals surface area (Å²) in [5.74, 6) is 0.919. The molecule has 1 aliphatic rings. The van der Waals surface area contributed by atoms with Crippen LogP contribution >= 0.6 is 0 Å². The van der Waals surface area contributed by atoms with Crippen molar-refractivity contribution in [3.05, 3.63) is 12.2 Å². The highest BCUT2D eigenvalue weighted by atomic mass is 16.2. The summed E-state index contributed by atoms with van der Waals surface area (Å²) < 4.78 is 0. The Kier molecular flexibility index (Phi) is 4.67. The van der Waals surface area contributed by atoms with Gasteiger partial charge in [-0.15, -0.1) is 0 Å². The second kappa shape index (κ2) is 5.55. The fourth-order valence-corrected chi connectivity index (χ4v) is 2.58. The van der Waals surface area contributed by atoms with Gasteiger partial charge in [-0.1, -0.05) is 58.1 Å². The van der Waals surface area contributed by atoms with E-state index in [4.69, 9.17) is 5.11 Å². The smallest absolute Gasteiger partial charge is 0.0612 e. The molecule has 1 aliphatic carbocycles. The molecule has 0 aromatic carbocycles. The van der Waals surface area contributed by atoms with Crippen LogP contribution < -0.4 is 0 Å². The van der Waals surface area contributed by atoms with E-state index in [-0.39, 0.29) is 12.0 Å². The molecule has 82 valence electrons. The lowest BCUT2D eigenvalue weighted by Crippen LogP contribution is -2.17. The van der Waals surface area contributed by atoms with Crippen LogP contribution in [0, 0.1) is 11.3 Å². The topological polar surface area (TPSA) is 20.2 Å². The average molecular weight is 196 g/mol. The van der Waals surface area contributed by atoms with E-state index >= 15 is 0 Å². The minimum atomic E-state index is 0.175. The number of hydrogen-bond donors (Lipinski definition) is 1. The predicted octanol–water partition coefficient (Wildman–Crippen LogP) is 3.53. The first-order chi connectivity index (χ1) is 6.64. The number of rotatable bonds is 4. The van der Waals surface area contributed by atoms with Crippen molar-refractivity contribution in [2.24, 2.45) is 11.3 Å². The minimum Gasteiger partial charge on any atom is -0.392 e. The standard InChI is InChI=1S/C13H24O/c1-13(2,9-6-10-14)11-12-7-4-3-5-8-12/h6,9,12,14H,3-5,7-8,10-11H2,1-2H3. The maximum Gasteiger partial charge on any atom is 0.0612 e. The van der Waals surface area contributed by atoms with Crippen molar-refractivity contribution < 1.29 is 5.11 Å². The van der Waals surface area contributed by atoms with E-state index < -0.39 is 0 Å². The maximum atomic E-state index is 8.75. The Morgan fingerprint density at radius 2 is 1.86 bits per heavy atom. The molecule has 0 aromatic heterocycles. The molecule has 1 N–H and O–H groups in total. The summed E-state index contributed by atoms with van der Waals surface area (Å²) in [6.07, 6.45) is 12.4. The molecule has 1 fully saturated rings. The fourth-order valence-electron chi connectivity index (χ4n) is 2.58. The Bertz CT molecular complexity index is 176. The highest BCUT2D eigenvalue weighted by Crippen LogP contribution is 2.35. The van der Waals surface area contributed by atoms with Crippen LogP contribution in [0.4, 0.5) is 0 Å². The van der Waals surface area contributed by atoms with Gasteiger partial charge in [0.15, 0.2) is 0 Å². The van der Waals surface area contributed by atoms with E-state index in [0.717, 1.165) is 5.92 Å². The molecule has 0 saturated heterocycles. The third-order valence-corrected chi connectivity index (χ3v) is 3.21. The third kappa shape index (κ3) is 4.28. The minimum absolute atomic E-state index is 0.175. The quantitative estimate of drug-likeness (QED) is 0.682. The van der Waals surface area contributed by atoms with Crippen LogP contribution in [0.2, 0.25) is 0 Å². The fraction of sp³-hybridized carbons (Fsp3) is 0.846. The Morgan fingerprint density at radius 3 is 2.43 bits per heavy atom. The highest BCUT2D eigenvalue weighted by molar-refractivity contribution is 4.95. The van der Waals surface area contributed by atoms with Crippen molar-refractivity contribution in [2.45, 2.75) is 52.4 Å². The van der Waals surface area contributed by atoms with Crippen LogP contribution in [-0.2, 0) is 0 Å². The summed E-state index contributed by atoms with van der Waals surface area (Å²) in [6, 6.07) is 0. The molecule has 0 heterocycles. The number of hydrogen-bond acceptors (Lipinski definition) is 1. The van der Waals surface area contributed by atoms with Gasteiger partial charge in [-0.3, -0.25) is 0 Å². The van der Waals surface area contributed by atoms with E-state index in [1.807, 2.05) is 6.08 Å². The molecule has 1 rings (SSSR count). The van der Waals surface area contributed by atoms with Crippen molar-refractivity contribution in [3.63, 3.8) is 0 Å². The Hall–Kier alpha value is -0.300. The summed E-state index contributed by atoms with van der Waals surface area (Å²) in [6.45, 7) is 4.72. The van der Waals surface area contributed by atoms with Gasteiger partial charge in [-0.25, -0.2) is 0 Å². The van der Waals surface area contributed by atoms with Crippen LogP contribution in [0.15, 0.2) is 12.2 Å². The lowest BCUT2D eigenvalue weighted by molar-refractivity contribution is 0.261. The molecule has 0 bridgehead atoms. The summed E-state index contributed by atoms with van der Waals surface area (Å²) >= 11 is 0. The zero-order valence-corrected chi connectivity index (χ0v) is 9.63. The number of aliphatic hydroxyl groups excluding tert-OH is 1. The second-order valence-corrected chi connectivity index (χ2v) is 5.28. The summed E-state index contributed by atoms with van der Waals surface area (Å²) in [5.41, 5.74) is 0.269. The normalized spacial score (nSPS) is 20.5. The molecular weight excluding hydrogens is 172 g/mol. The zero-order chi connectivity index (χ0) is 10.4. The molecular formula is C13H24O. The van der Waals surface area contributed by atoms with Gasteiger partial charge in [-0.2, -0.15) is 0 Å². The first-order valence-electron chi connectivity index (χ1n) is 5.92. The summed E-state index contributed by atoms with van der Waals surface area (Å²) in [7, 11) is 0. The first-order valence-corrected chi connectivity index (χ1v) is 5.92. The van der Waals surface area contributed by atoms with E-state index in [2.05, 4.69) is 19.9 Å². The van der Waals surface area contributed by atoms with E-state index in [1.165, 1.54) is 38.5 Å². The van der Waals surface area contributed by atoms with Crippen LogP contribution in [0.5, 0.6) is 0 Å². The SMILES string of the molecule is CC(C)(C=CCO)CC1CCCCC1. The van der Waals surface area contributed by atoms with Gasteiger partial charge in [0, 0.05) is 0 Å². The molecule has 0 radical (unpaired) electrons. The Labute approximate surface area is 88.2 Å². The van der Waals surface area contributed by atoms with Crippen LogP contribution in [0.3, 0.4) is 0 Å². The van der Waals surface area contributed by atoms with Crippen molar-refractivity contribution in [1.82, 2.24) is 0 Å². The lowest BCUT2D eigenvalue weighted by Gasteiger charge is -2.29. The molecule has 0 amide bonds. The van der Waals surface area contributed by atoms with Crippen LogP contribution in [0.25, 0.3) is 0 Å². The van der Waals surface area contributed by atoms with Gasteiger partial charge in [-0.05, 0) is 17.8 Å². The van der Waals surface area contributed by atoms with Crippen molar-refractivity contribution in [3.8, 4) is 0 Å². The molecule has 1 heteroatoms. The number of allylic oxidation sites excluding steroid dienone is 1. The average Bonchev–Trinajstić information content (AvgIpc) is 2.16. The molecule has 14 heavy (non-hydrogen) atoms. The van der Waals surface area contributed by atoms with Crippen molar-refractivity contribution in [1.29, 1.82) is 0 Å². The summed E-state index contributed by atoms with van der Waals surface area (Å²) in [5, 5.41) is 8.75. The van der Waals surface area contributed by atoms with Crippen molar-refractivity contribution in [2.75, 3.05) is 6.61 Å². The zero-order valence-electron chi connectivity index (χ0n) is 9.63. The number of aliphatic hydroxyl groups is 1. The van der Waals surface area contributed by atoms with E-state index in [0.29, 0.717) is 0 Å². The molecule has 0 atom stereocenters. The Morgan fingerprint density at radius 1 is 1.21 bits per heavy atom. The highest BCUT2D eigenvalue weighted by Gasteiger charge is 2.22. The predicted molar refractivity (Wildman–Crippen MR) is 61.2 cm³/mol. The maximum absolute atomic E-state index is 8.75.